The van der Waals surface area contributed by atoms with Crippen LogP contribution in [0.15, 0.2) is 34.9 Å². The van der Waals surface area contributed by atoms with Crippen LogP contribution in [-0.2, 0) is 7.05 Å². The number of carbonyl (C=O) groups is 1. The first-order valence-corrected chi connectivity index (χ1v) is 5.71. The molecule has 1 aromatic carbocycles. The molecular weight excluding hydrogens is 284 g/mol. The Bertz CT molecular complexity index is 564. The number of nitrogens with zero attached hydrogens (tertiary/aromatic N) is 2. The van der Waals surface area contributed by atoms with Crippen LogP contribution < -0.4 is 11.1 Å². The first-order chi connectivity index (χ1) is 8.06. The summed E-state index contributed by atoms with van der Waals surface area (Å²) in [6.45, 7) is 0. The first kappa shape index (κ1) is 11.7. The van der Waals surface area contributed by atoms with Crippen molar-refractivity contribution in [3.05, 3.63) is 40.5 Å². The molecule has 0 aliphatic rings. The average molecular weight is 295 g/mol. The summed E-state index contributed by atoms with van der Waals surface area (Å²) in [6.07, 6.45) is 1.76. The fraction of sp³-hybridized carbons (Fsp3) is 0.0909. The van der Waals surface area contributed by atoms with Crippen molar-refractivity contribution < 1.29 is 4.79 Å². The molecule has 88 valence electrons. The lowest BCUT2D eigenvalue weighted by Gasteiger charge is -2.04. The number of benzene rings is 1. The summed E-state index contributed by atoms with van der Waals surface area (Å²) in [5, 5.41) is 6.74. The van der Waals surface area contributed by atoms with Crippen LogP contribution in [0.5, 0.6) is 0 Å². The highest BCUT2D eigenvalue weighted by Gasteiger charge is 2.08. The molecule has 6 heteroatoms. The minimum absolute atomic E-state index is 0.233. The Kier molecular flexibility index (Phi) is 3.14. The van der Waals surface area contributed by atoms with Gasteiger partial charge in [0.2, 0.25) is 0 Å². The SMILES string of the molecule is Cn1ccc(NC(=O)c2ccc(Br)c(N)c2)n1. The number of carbonyl (C=O) groups excluding carboxylic acids is 1. The van der Waals surface area contributed by atoms with Gasteiger partial charge in [0.15, 0.2) is 5.82 Å². The van der Waals surface area contributed by atoms with Gasteiger partial charge in [-0.25, -0.2) is 0 Å². The molecule has 0 saturated carbocycles. The number of hydrogen-bond donors (Lipinski definition) is 2. The number of aromatic nitrogens is 2. The quantitative estimate of drug-likeness (QED) is 0.832. The normalized spacial score (nSPS) is 10.2. The highest BCUT2D eigenvalue weighted by molar-refractivity contribution is 9.10. The maximum Gasteiger partial charge on any atom is 0.256 e. The number of nitrogen functional groups attached to an aromatic ring is 1. The molecule has 0 atom stereocenters. The van der Waals surface area contributed by atoms with Gasteiger partial charge in [0, 0.05) is 35.0 Å². The van der Waals surface area contributed by atoms with Gasteiger partial charge in [-0.2, -0.15) is 5.10 Å². The van der Waals surface area contributed by atoms with Crippen LogP contribution in [0.3, 0.4) is 0 Å². The molecule has 2 aromatic rings. The number of amides is 1. The Hall–Kier alpha value is -1.82. The molecule has 3 N–H and O–H groups in total. The summed E-state index contributed by atoms with van der Waals surface area (Å²) in [4.78, 5) is 11.9. The Morgan fingerprint density at radius 1 is 1.47 bits per heavy atom. The van der Waals surface area contributed by atoms with Crippen molar-refractivity contribution in [1.82, 2.24) is 9.78 Å². The standard InChI is InChI=1S/C11H11BrN4O/c1-16-5-4-10(15-16)14-11(17)7-2-3-8(12)9(13)6-7/h2-6H,13H2,1H3,(H,14,15,17). The fourth-order valence-electron chi connectivity index (χ4n) is 1.36. The zero-order valence-electron chi connectivity index (χ0n) is 9.14. The van der Waals surface area contributed by atoms with Crippen molar-refractivity contribution in [3.63, 3.8) is 0 Å². The van der Waals surface area contributed by atoms with Gasteiger partial charge in [0.1, 0.15) is 0 Å². The van der Waals surface area contributed by atoms with Crippen molar-refractivity contribution >= 4 is 33.3 Å². The van der Waals surface area contributed by atoms with Crippen molar-refractivity contribution in [3.8, 4) is 0 Å². The zero-order valence-corrected chi connectivity index (χ0v) is 10.7. The smallest absolute Gasteiger partial charge is 0.256 e. The van der Waals surface area contributed by atoms with Crippen molar-refractivity contribution in [2.24, 2.45) is 7.05 Å². The summed E-state index contributed by atoms with van der Waals surface area (Å²) < 4.78 is 2.39. The number of rotatable bonds is 2. The molecule has 0 saturated heterocycles. The van der Waals surface area contributed by atoms with E-state index in [9.17, 15) is 4.79 Å². The Morgan fingerprint density at radius 3 is 2.82 bits per heavy atom. The van der Waals surface area contributed by atoms with Crippen LogP contribution in [0.1, 0.15) is 10.4 Å². The average Bonchev–Trinajstić information content (AvgIpc) is 2.68. The predicted molar refractivity (Wildman–Crippen MR) is 69.7 cm³/mol. The molecule has 0 aliphatic carbocycles. The van der Waals surface area contributed by atoms with Crippen LogP contribution in [0.25, 0.3) is 0 Å². The molecule has 1 heterocycles. The highest BCUT2D eigenvalue weighted by Crippen LogP contribution is 2.20. The van der Waals surface area contributed by atoms with Gasteiger partial charge < -0.3 is 11.1 Å². The maximum atomic E-state index is 11.9. The summed E-state index contributed by atoms with van der Waals surface area (Å²) in [7, 11) is 1.78. The van der Waals surface area contributed by atoms with Crippen molar-refractivity contribution in [1.29, 1.82) is 0 Å². The van der Waals surface area contributed by atoms with E-state index in [2.05, 4.69) is 26.3 Å². The number of anilines is 2. The van der Waals surface area contributed by atoms with E-state index in [1.54, 1.807) is 42.2 Å². The van der Waals surface area contributed by atoms with Crippen LogP contribution in [-0.4, -0.2) is 15.7 Å². The summed E-state index contributed by atoms with van der Waals surface area (Å²) in [5.41, 5.74) is 6.73. The second-order valence-electron chi connectivity index (χ2n) is 3.57. The third kappa shape index (κ3) is 2.65. The molecule has 2 rings (SSSR count). The van der Waals surface area contributed by atoms with E-state index in [-0.39, 0.29) is 5.91 Å². The van der Waals surface area contributed by atoms with Crippen molar-refractivity contribution in [2.45, 2.75) is 0 Å². The molecule has 0 bridgehead atoms. The Labute approximate surface area is 107 Å². The summed E-state index contributed by atoms with van der Waals surface area (Å²) >= 11 is 3.28. The third-order valence-corrected chi connectivity index (χ3v) is 2.94. The van der Waals surface area contributed by atoms with Gasteiger partial charge in [-0.05, 0) is 34.1 Å². The van der Waals surface area contributed by atoms with E-state index in [1.807, 2.05) is 0 Å². The Morgan fingerprint density at radius 2 is 2.24 bits per heavy atom. The van der Waals surface area contributed by atoms with Gasteiger partial charge in [-0.15, -0.1) is 0 Å². The third-order valence-electron chi connectivity index (χ3n) is 2.21. The fourth-order valence-corrected chi connectivity index (χ4v) is 1.60. The van der Waals surface area contributed by atoms with E-state index in [4.69, 9.17) is 5.73 Å². The van der Waals surface area contributed by atoms with Crippen LogP contribution in [0.2, 0.25) is 0 Å². The highest BCUT2D eigenvalue weighted by atomic mass is 79.9. The molecule has 0 unspecified atom stereocenters. The van der Waals surface area contributed by atoms with E-state index in [0.29, 0.717) is 17.1 Å². The van der Waals surface area contributed by atoms with E-state index >= 15 is 0 Å². The number of halogens is 1. The second-order valence-corrected chi connectivity index (χ2v) is 4.42. The summed E-state index contributed by atoms with van der Waals surface area (Å²) in [6, 6.07) is 6.77. The van der Waals surface area contributed by atoms with Crippen LogP contribution in [0, 0.1) is 0 Å². The predicted octanol–water partition coefficient (Wildman–Crippen LogP) is 2.02. The van der Waals surface area contributed by atoms with Gasteiger partial charge in [0.25, 0.3) is 5.91 Å². The molecule has 0 aliphatic heterocycles. The van der Waals surface area contributed by atoms with Crippen LogP contribution >= 0.6 is 15.9 Å². The lowest BCUT2D eigenvalue weighted by molar-refractivity contribution is 0.102. The van der Waals surface area contributed by atoms with Crippen LogP contribution in [0.4, 0.5) is 11.5 Å². The first-order valence-electron chi connectivity index (χ1n) is 4.92. The summed E-state index contributed by atoms with van der Waals surface area (Å²) in [5.74, 6) is 0.280. The maximum absolute atomic E-state index is 11.9. The largest absolute Gasteiger partial charge is 0.398 e. The second kappa shape index (κ2) is 4.58. The number of nitrogens with one attached hydrogen (secondary N) is 1. The van der Waals surface area contributed by atoms with E-state index in [0.717, 1.165) is 4.47 Å². The monoisotopic (exact) mass is 294 g/mol. The number of nitrogens with two attached hydrogens (primary N) is 1. The molecular formula is C11H11BrN4O. The molecule has 0 radical (unpaired) electrons. The number of hydrogen-bond acceptors (Lipinski definition) is 3. The molecule has 5 nitrogen and oxygen atoms in total. The van der Waals surface area contributed by atoms with E-state index < -0.39 is 0 Å². The van der Waals surface area contributed by atoms with Crippen molar-refractivity contribution in [2.75, 3.05) is 11.1 Å². The minimum Gasteiger partial charge on any atom is -0.398 e. The lowest BCUT2D eigenvalue weighted by Crippen LogP contribution is -2.12. The topological polar surface area (TPSA) is 72.9 Å². The number of aryl methyl sites for hydroxylation is 1. The lowest BCUT2D eigenvalue weighted by atomic mass is 10.2. The van der Waals surface area contributed by atoms with Gasteiger partial charge in [-0.1, -0.05) is 0 Å². The Balaban J connectivity index is 2.17. The molecule has 1 aromatic heterocycles. The van der Waals surface area contributed by atoms with Gasteiger partial charge in [0.05, 0.1) is 0 Å². The zero-order chi connectivity index (χ0) is 12.4. The van der Waals surface area contributed by atoms with E-state index in [1.165, 1.54) is 0 Å². The molecule has 17 heavy (non-hydrogen) atoms. The molecule has 0 spiro atoms. The minimum atomic E-state index is -0.233. The van der Waals surface area contributed by atoms with Gasteiger partial charge in [-0.3, -0.25) is 9.48 Å². The molecule has 1 amide bonds. The molecule has 0 fully saturated rings. The van der Waals surface area contributed by atoms with Gasteiger partial charge >= 0.3 is 0 Å².